The van der Waals surface area contributed by atoms with Gasteiger partial charge in [0.05, 0.1) is 84.6 Å². The van der Waals surface area contributed by atoms with E-state index in [2.05, 4.69) is 171 Å². The summed E-state index contributed by atoms with van der Waals surface area (Å²) in [6, 6.07) is 75.6. The van der Waals surface area contributed by atoms with E-state index >= 15 is 0 Å². The van der Waals surface area contributed by atoms with Crippen molar-refractivity contribution in [1.82, 2.24) is 23.7 Å². The molecule has 0 spiro atoms. The summed E-state index contributed by atoms with van der Waals surface area (Å²) in [7, 11) is 0. The van der Waals surface area contributed by atoms with E-state index in [-0.39, 0.29) is 11.1 Å². The van der Waals surface area contributed by atoms with E-state index in [1.54, 1.807) is 48.5 Å². The molecular formula is C62H33N9. The maximum absolute atomic E-state index is 11.2. The molecule has 13 aromatic rings. The molecular weight excluding hydrogens is 871 g/mol. The first kappa shape index (κ1) is 40.7. The van der Waals surface area contributed by atoms with Gasteiger partial charge in [-0.2, -0.15) is 21.0 Å². The van der Waals surface area contributed by atoms with Crippen molar-refractivity contribution in [3.8, 4) is 75.2 Å². The van der Waals surface area contributed by atoms with Crippen LogP contribution in [0.4, 0.5) is 0 Å². The molecule has 0 aliphatic carbocycles. The van der Waals surface area contributed by atoms with Gasteiger partial charge in [-0.3, -0.25) is 0 Å². The molecule has 0 aliphatic rings. The van der Waals surface area contributed by atoms with Crippen molar-refractivity contribution in [1.29, 1.82) is 21.0 Å². The monoisotopic (exact) mass is 903 g/mol. The highest BCUT2D eigenvalue weighted by molar-refractivity contribution is 6.14. The number of rotatable bonds is 6. The highest BCUT2D eigenvalue weighted by atomic mass is 15.0. The number of nitrogens with zero attached hydrogens (tertiary/aromatic N) is 9. The molecule has 326 valence electrons. The van der Waals surface area contributed by atoms with Gasteiger partial charge in [0.15, 0.2) is 5.82 Å². The Morgan fingerprint density at radius 1 is 0.310 bits per heavy atom. The summed E-state index contributed by atoms with van der Waals surface area (Å²) < 4.78 is 6.67. The lowest BCUT2D eigenvalue weighted by molar-refractivity contribution is 1.14. The van der Waals surface area contributed by atoms with E-state index in [0.717, 1.165) is 82.4 Å². The van der Waals surface area contributed by atoms with Gasteiger partial charge < -0.3 is 13.7 Å². The van der Waals surface area contributed by atoms with E-state index in [9.17, 15) is 21.0 Å². The number of benzene rings is 9. The van der Waals surface area contributed by atoms with Gasteiger partial charge in [-0.1, -0.05) is 84.9 Å². The quantitative estimate of drug-likeness (QED) is 0.163. The lowest BCUT2D eigenvalue weighted by Crippen LogP contribution is -2.03. The van der Waals surface area contributed by atoms with Gasteiger partial charge in [0.2, 0.25) is 0 Å². The largest absolute Gasteiger partial charge is 0.309 e. The standard InChI is InChI=1S/C62H33N9/c63-34-38-17-21-40(22-18-38)53-33-54(68-62(67-53)41-23-19-39(35-64)20-24-41)42-29-43(36-65)61(44(30-42)37-66)71-59-27-25-45(69-55-13-5-1-9-47(55)48-10-2-6-14-56(48)69)31-51(59)52-32-46(26-28-60(52)71)70-57-15-7-3-11-49(57)50-12-4-8-16-58(50)70/h1-33H. The minimum absolute atomic E-state index is 0.286. The third-order valence-electron chi connectivity index (χ3n) is 13.6. The molecule has 0 aliphatic heterocycles. The third kappa shape index (κ3) is 6.37. The van der Waals surface area contributed by atoms with Crippen molar-refractivity contribution >= 4 is 65.4 Å². The van der Waals surface area contributed by atoms with Crippen LogP contribution >= 0.6 is 0 Å². The zero-order valence-electron chi connectivity index (χ0n) is 37.6. The third-order valence-corrected chi connectivity index (χ3v) is 13.6. The molecule has 9 nitrogen and oxygen atoms in total. The van der Waals surface area contributed by atoms with Gasteiger partial charge >= 0.3 is 0 Å². The van der Waals surface area contributed by atoms with Crippen LogP contribution < -0.4 is 0 Å². The van der Waals surface area contributed by atoms with Gasteiger partial charge in [0.1, 0.15) is 12.1 Å². The smallest absolute Gasteiger partial charge is 0.160 e. The molecule has 9 heteroatoms. The van der Waals surface area contributed by atoms with Crippen LogP contribution in [0.3, 0.4) is 0 Å². The average molecular weight is 904 g/mol. The van der Waals surface area contributed by atoms with Crippen LogP contribution in [0.15, 0.2) is 200 Å². The summed E-state index contributed by atoms with van der Waals surface area (Å²) in [5.41, 5.74) is 13.1. The highest BCUT2D eigenvalue weighted by Gasteiger charge is 2.23. The Hall–Kier alpha value is -10.6. The van der Waals surface area contributed by atoms with Crippen LogP contribution in [0, 0.1) is 45.3 Å². The molecule has 9 aromatic carbocycles. The predicted octanol–water partition coefficient (Wildman–Crippen LogP) is 14.3. The van der Waals surface area contributed by atoms with Gasteiger partial charge in [-0.25, -0.2) is 9.97 Å². The van der Waals surface area contributed by atoms with Crippen LogP contribution in [-0.2, 0) is 0 Å². The molecule has 0 radical (unpaired) electrons. The van der Waals surface area contributed by atoms with Crippen molar-refractivity contribution in [2.24, 2.45) is 0 Å². The minimum atomic E-state index is 0.286. The second-order valence-corrected chi connectivity index (χ2v) is 17.5. The Morgan fingerprint density at radius 3 is 1.10 bits per heavy atom. The fourth-order valence-electron chi connectivity index (χ4n) is 10.4. The summed E-state index contributed by atoms with van der Waals surface area (Å²) >= 11 is 0. The lowest BCUT2D eigenvalue weighted by atomic mass is 9.99. The summed E-state index contributed by atoms with van der Waals surface area (Å²) in [6.07, 6.45) is 0. The Labute approximate surface area is 406 Å². The second-order valence-electron chi connectivity index (χ2n) is 17.5. The number of para-hydroxylation sites is 4. The van der Waals surface area contributed by atoms with Crippen molar-refractivity contribution < 1.29 is 0 Å². The van der Waals surface area contributed by atoms with Crippen molar-refractivity contribution in [2.45, 2.75) is 0 Å². The lowest BCUT2D eigenvalue weighted by Gasteiger charge is -2.15. The van der Waals surface area contributed by atoms with Crippen LogP contribution in [0.2, 0.25) is 0 Å². The predicted molar refractivity (Wildman–Crippen MR) is 280 cm³/mol. The average Bonchev–Trinajstić information content (AvgIpc) is 4.07. The van der Waals surface area contributed by atoms with Crippen LogP contribution in [0.5, 0.6) is 0 Å². The fourth-order valence-corrected chi connectivity index (χ4v) is 10.4. The molecule has 0 fully saturated rings. The molecule has 0 amide bonds. The Morgan fingerprint density at radius 2 is 0.690 bits per heavy atom. The zero-order valence-corrected chi connectivity index (χ0v) is 37.6. The first-order valence-electron chi connectivity index (χ1n) is 23.0. The molecule has 4 heterocycles. The van der Waals surface area contributed by atoms with E-state index in [4.69, 9.17) is 9.97 Å². The van der Waals surface area contributed by atoms with E-state index < -0.39 is 0 Å². The molecule has 0 unspecified atom stereocenters. The Balaban J connectivity index is 1.06. The van der Waals surface area contributed by atoms with E-state index in [0.29, 0.717) is 45.2 Å². The Kier molecular flexibility index (Phi) is 9.19. The number of fused-ring (bicyclic) bond motifs is 9. The first-order valence-corrected chi connectivity index (χ1v) is 23.0. The molecule has 4 aromatic heterocycles. The topological polar surface area (TPSA) is 136 Å². The van der Waals surface area contributed by atoms with Crippen LogP contribution in [0.1, 0.15) is 22.3 Å². The molecule has 71 heavy (non-hydrogen) atoms. The molecule has 13 rings (SSSR count). The summed E-state index contributed by atoms with van der Waals surface area (Å²) in [4.78, 5) is 9.93. The van der Waals surface area contributed by atoms with Crippen molar-refractivity contribution in [3.63, 3.8) is 0 Å². The molecule has 0 saturated heterocycles. The maximum Gasteiger partial charge on any atom is 0.160 e. The van der Waals surface area contributed by atoms with E-state index in [1.807, 2.05) is 18.2 Å². The highest BCUT2D eigenvalue weighted by Crippen LogP contribution is 2.41. The fraction of sp³-hybridized carbons (Fsp3) is 0. The molecule has 0 saturated carbocycles. The Bertz CT molecular complexity index is 4170. The minimum Gasteiger partial charge on any atom is -0.309 e. The summed E-state index contributed by atoms with van der Waals surface area (Å²) in [5, 5.41) is 48.0. The molecule has 0 atom stereocenters. The summed E-state index contributed by atoms with van der Waals surface area (Å²) in [5.74, 6) is 0.396. The van der Waals surface area contributed by atoms with Crippen molar-refractivity contribution in [2.75, 3.05) is 0 Å². The van der Waals surface area contributed by atoms with Gasteiger partial charge in [-0.15, -0.1) is 0 Å². The van der Waals surface area contributed by atoms with Gasteiger partial charge in [0, 0.05) is 60.4 Å². The van der Waals surface area contributed by atoms with E-state index in [1.165, 1.54) is 0 Å². The first-order chi connectivity index (χ1) is 35.0. The van der Waals surface area contributed by atoms with Crippen molar-refractivity contribution in [3.05, 3.63) is 222 Å². The zero-order chi connectivity index (χ0) is 47.7. The second kappa shape index (κ2) is 16.0. The number of aromatic nitrogens is 5. The van der Waals surface area contributed by atoms with Gasteiger partial charge in [-0.05, 0) is 115 Å². The summed E-state index contributed by atoms with van der Waals surface area (Å²) in [6.45, 7) is 0. The number of hydrogen-bond donors (Lipinski definition) is 0. The van der Waals surface area contributed by atoms with Crippen LogP contribution in [-0.4, -0.2) is 23.7 Å². The SMILES string of the molecule is N#Cc1ccc(-c2cc(-c3cc(C#N)c(-n4c5ccc(-n6c7ccccc7c7ccccc76)cc5c5cc(-n6c7ccccc7c7ccccc76)ccc54)c(C#N)c3)nc(-c3ccc(C#N)cc3)n2)cc1. The van der Waals surface area contributed by atoms with Gasteiger partial charge in [0.25, 0.3) is 0 Å². The number of nitriles is 4. The maximum atomic E-state index is 11.2. The molecule has 0 N–H and O–H groups in total. The molecule has 0 bridgehead atoms. The normalized spacial score (nSPS) is 11.3. The number of hydrogen-bond acceptors (Lipinski definition) is 6. The van der Waals surface area contributed by atoms with Crippen LogP contribution in [0.25, 0.3) is 116 Å².